The Morgan fingerprint density at radius 2 is 1.87 bits per heavy atom. The molecule has 1 saturated heterocycles. The first-order chi connectivity index (χ1) is 14.4. The number of aliphatic imine (C=N–C) groups is 1. The standard InChI is InChI=1S/C20H29N5O5/c21-19(22)23-10-4-7-16(18(27)28)24-17(26)15-8-11-25(12-9-15)20(29)30-13-14-5-2-1-3-6-14/h1-3,5-6,15-16H,4,7-13H2,(H,24,26)(H,27,28)(H4,21,22,23)/t16-/m0/s1. The Balaban J connectivity index is 1.74. The Hall–Kier alpha value is -3.30. The van der Waals surface area contributed by atoms with Gasteiger partial charge < -0.3 is 31.5 Å². The largest absolute Gasteiger partial charge is 0.480 e. The van der Waals surface area contributed by atoms with Gasteiger partial charge in [0, 0.05) is 25.6 Å². The third-order valence-electron chi connectivity index (χ3n) is 4.89. The first-order valence-corrected chi connectivity index (χ1v) is 9.91. The number of aliphatic carboxylic acids is 1. The number of nitrogens with two attached hydrogens (primary N) is 2. The zero-order valence-corrected chi connectivity index (χ0v) is 16.8. The summed E-state index contributed by atoms with van der Waals surface area (Å²) in [6, 6.07) is 8.39. The molecule has 1 fully saturated rings. The second-order valence-electron chi connectivity index (χ2n) is 7.15. The van der Waals surface area contributed by atoms with Crippen LogP contribution in [0.5, 0.6) is 0 Å². The number of amides is 2. The molecule has 0 bridgehead atoms. The zero-order chi connectivity index (χ0) is 21.9. The van der Waals surface area contributed by atoms with E-state index in [1.807, 2.05) is 30.3 Å². The lowest BCUT2D eigenvalue weighted by atomic mass is 9.95. The van der Waals surface area contributed by atoms with E-state index in [4.69, 9.17) is 16.2 Å². The van der Waals surface area contributed by atoms with Crippen molar-refractivity contribution in [1.29, 1.82) is 0 Å². The molecular weight excluding hydrogens is 390 g/mol. The fourth-order valence-corrected chi connectivity index (χ4v) is 3.19. The SMILES string of the molecule is NC(N)=NCCC[C@H](NC(=O)C1CCN(C(=O)OCc2ccccc2)CC1)C(=O)O. The minimum absolute atomic E-state index is 0.0556. The first kappa shape index (κ1) is 23.0. The molecule has 0 aromatic heterocycles. The molecule has 10 nitrogen and oxygen atoms in total. The summed E-state index contributed by atoms with van der Waals surface area (Å²) in [6.07, 6.45) is 1.14. The molecule has 2 rings (SSSR count). The number of ether oxygens (including phenoxy) is 1. The third-order valence-corrected chi connectivity index (χ3v) is 4.89. The predicted octanol–water partition coefficient (Wildman–Crippen LogP) is 0.658. The highest BCUT2D eigenvalue weighted by Crippen LogP contribution is 2.19. The van der Waals surface area contributed by atoms with Gasteiger partial charge in [0.2, 0.25) is 5.91 Å². The minimum Gasteiger partial charge on any atom is -0.480 e. The lowest BCUT2D eigenvalue weighted by Gasteiger charge is -2.31. The minimum atomic E-state index is -1.10. The van der Waals surface area contributed by atoms with E-state index in [9.17, 15) is 19.5 Å². The van der Waals surface area contributed by atoms with E-state index in [1.54, 1.807) is 4.90 Å². The van der Waals surface area contributed by atoms with Gasteiger partial charge >= 0.3 is 12.1 Å². The average molecular weight is 419 g/mol. The van der Waals surface area contributed by atoms with E-state index in [2.05, 4.69) is 10.3 Å². The predicted molar refractivity (Wildman–Crippen MR) is 110 cm³/mol. The highest BCUT2D eigenvalue weighted by atomic mass is 16.6. The second-order valence-corrected chi connectivity index (χ2v) is 7.15. The summed E-state index contributed by atoms with van der Waals surface area (Å²) in [7, 11) is 0. The van der Waals surface area contributed by atoms with Crippen LogP contribution in [0.25, 0.3) is 0 Å². The Morgan fingerprint density at radius 1 is 1.20 bits per heavy atom. The normalized spacial score (nSPS) is 15.1. The molecule has 0 radical (unpaired) electrons. The van der Waals surface area contributed by atoms with Crippen LogP contribution in [0.3, 0.4) is 0 Å². The Kier molecular flexibility index (Phi) is 8.92. The molecule has 164 valence electrons. The number of piperidine rings is 1. The van der Waals surface area contributed by atoms with Crippen molar-refractivity contribution in [3.8, 4) is 0 Å². The van der Waals surface area contributed by atoms with Crippen molar-refractivity contribution in [3.63, 3.8) is 0 Å². The Bertz CT molecular complexity index is 743. The van der Waals surface area contributed by atoms with Crippen LogP contribution in [0.2, 0.25) is 0 Å². The maximum atomic E-state index is 12.5. The van der Waals surface area contributed by atoms with E-state index in [0.717, 1.165) is 5.56 Å². The Labute approximate surface area is 175 Å². The summed E-state index contributed by atoms with van der Waals surface area (Å²) >= 11 is 0. The summed E-state index contributed by atoms with van der Waals surface area (Å²) in [5.41, 5.74) is 11.4. The van der Waals surface area contributed by atoms with Crippen molar-refractivity contribution in [2.24, 2.45) is 22.4 Å². The van der Waals surface area contributed by atoms with Crippen LogP contribution in [0.4, 0.5) is 4.79 Å². The Morgan fingerprint density at radius 3 is 2.47 bits per heavy atom. The highest BCUT2D eigenvalue weighted by Gasteiger charge is 2.30. The molecule has 0 aliphatic carbocycles. The number of carboxylic acid groups (broad SMARTS) is 1. The molecule has 1 atom stereocenters. The van der Waals surface area contributed by atoms with E-state index in [-0.39, 0.29) is 30.8 Å². The van der Waals surface area contributed by atoms with E-state index >= 15 is 0 Å². The van der Waals surface area contributed by atoms with Crippen LogP contribution in [-0.4, -0.2) is 59.6 Å². The summed E-state index contributed by atoms with van der Waals surface area (Å²) in [5.74, 6) is -1.82. The smallest absolute Gasteiger partial charge is 0.410 e. The number of carbonyl (C=O) groups excluding carboxylic acids is 2. The van der Waals surface area contributed by atoms with Gasteiger partial charge in [-0.2, -0.15) is 0 Å². The number of guanidine groups is 1. The number of carboxylic acids is 1. The first-order valence-electron chi connectivity index (χ1n) is 9.91. The van der Waals surface area contributed by atoms with Gasteiger partial charge in [-0.25, -0.2) is 9.59 Å². The van der Waals surface area contributed by atoms with E-state index < -0.39 is 18.1 Å². The molecule has 10 heteroatoms. The van der Waals surface area contributed by atoms with Gasteiger partial charge in [0.05, 0.1) is 0 Å². The van der Waals surface area contributed by atoms with Gasteiger partial charge in [0.1, 0.15) is 12.6 Å². The van der Waals surface area contributed by atoms with Crippen LogP contribution in [0.1, 0.15) is 31.2 Å². The second kappa shape index (κ2) is 11.6. The summed E-state index contributed by atoms with van der Waals surface area (Å²) in [5, 5.41) is 11.9. The molecule has 1 aliphatic rings. The molecule has 30 heavy (non-hydrogen) atoms. The number of likely N-dealkylation sites (tertiary alicyclic amines) is 1. The molecule has 1 aromatic carbocycles. The van der Waals surface area contributed by atoms with Crippen molar-refractivity contribution in [1.82, 2.24) is 10.2 Å². The molecular formula is C20H29N5O5. The van der Waals surface area contributed by atoms with Crippen LogP contribution < -0.4 is 16.8 Å². The fraction of sp³-hybridized carbons (Fsp3) is 0.500. The molecule has 1 aliphatic heterocycles. The van der Waals surface area contributed by atoms with Crippen molar-refractivity contribution < 1.29 is 24.2 Å². The molecule has 1 heterocycles. The number of hydrogen-bond acceptors (Lipinski definition) is 5. The van der Waals surface area contributed by atoms with Crippen LogP contribution in [-0.2, 0) is 20.9 Å². The highest BCUT2D eigenvalue weighted by molar-refractivity contribution is 5.85. The third kappa shape index (κ3) is 7.61. The number of nitrogens with one attached hydrogen (secondary N) is 1. The van der Waals surface area contributed by atoms with Crippen molar-refractivity contribution >= 4 is 23.9 Å². The van der Waals surface area contributed by atoms with Gasteiger partial charge in [-0.05, 0) is 31.2 Å². The fourth-order valence-electron chi connectivity index (χ4n) is 3.19. The quantitative estimate of drug-likeness (QED) is 0.260. The van der Waals surface area contributed by atoms with Gasteiger partial charge in [-0.15, -0.1) is 0 Å². The summed E-state index contributed by atoms with van der Waals surface area (Å²) in [4.78, 5) is 41.4. The van der Waals surface area contributed by atoms with Crippen molar-refractivity contribution in [2.75, 3.05) is 19.6 Å². The van der Waals surface area contributed by atoms with Gasteiger partial charge in [0.25, 0.3) is 0 Å². The van der Waals surface area contributed by atoms with Crippen LogP contribution in [0, 0.1) is 5.92 Å². The van der Waals surface area contributed by atoms with E-state index in [0.29, 0.717) is 38.9 Å². The number of carbonyl (C=O) groups is 3. The molecule has 1 aromatic rings. The number of benzene rings is 1. The summed E-state index contributed by atoms with van der Waals surface area (Å²) < 4.78 is 5.31. The molecule has 0 spiro atoms. The van der Waals surface area contributed by atoms with Gasteiger partial charge in [-0.1, -0.05) is 30.3 Å². The lowest BCUT2D eigenvalue weighted by Crippen LogP contribution is -2.47. The lowest BCUT2D eigenvalue weighted by molar-refractivity contribution is -0.143. The monoisotopic (exact) mass is 419 g/mol. The van der Waals surface area contributed by atoms with Crippen molar-refractivity contribution in [2.45, 2.75) is 38.3 Å². The van der Waals surface area contributed by atoms with E-state index in [1.165, 1.54) is 0 Å². The van der Waals surface area contributed by atoms with Crippen LogP contribution in [0.15, 0.2) is 35.3 Å². The zero-order valence-electron chi connectivity index (χ0n) is 16.8. The number of hydrogen-bond donors (Lipinski definition) is 4. The van der Waals surface area contributed by atoms with Crippen molar-refractivity contribution in [3.05, 3.63) is 35.9 Å². The number of nitrogens with zero attached hydrogens (tertiary/aromatic N) is 2. The van der Waals surface area contributed by atoms with Gasteiger partial charge in [-0.3, -0.25) is 9.79 Å². The van der Waals surface area contributed by atoms with Crippen LogP contribution >= 0.6 is 0 Å². The maximum absolute atomic E-state index is 12.5. The number of rotatable bonds is 9. The molecule has 0 saturated carbocycles. The molecule has 0 unspecified atom stereocenters. The van der Waals surface area contributed by atoms with Gasteiger partial charge in [0.15, 0.2) is 5.96 Å². The average Bonchev–Trinajstić information content (AvgIpc) is 2.74. The topological polar surface area (TPSA) is 160 Å². The molecule has 2 amide bonds. The summed E-state index contributed by atoms with van der Waals surface area (Å²) in [6.45, 7) is 1.26. The molecule has 6 N–H and O–H groups in total. The maximum Gasteiger partial charge on any atom is 0.410 e.